The molecule has 0 aliphatic heterocycles. The topological polar surface area (TPSA) is 37.6 Å². The zero-order chi connectivity index (χ0) is 25.9. The minimum Gasteiger partial charge on any atom is -1.00 e. The maximum atomic E-state index is 5.14. The second kappa shape index (κ2) is 19.2. The third kappa shape index (κ3) is 10.2. The van der Waals surface area contributed by atoms with Crippen LogP contribution in [0.1, 0.15) is 101 Å². The Morgan fingerprint density at radius 3 is 1.10 bits per heavy atom. The van der Waals surface area contributed by atoms with Crippen LogP contribution in [0.2, 0.25) is 0 Å². The van der Waals surface area contributed by atoms with Crippen LogP contribution in [0.4, 0.5) is 11.4 Å². The SMILES string of the molecule is CCCc1cccc(CCC)c1N=C(C)c1cccc(C(C)=Nc2c(CCC)cccc2CCC)n1.[Cl-].[Cl-].[Co+2]. The maximum absolute atomic E-state index is 5.14. The average molecular weight is 612 g/mol. The number of aryl methyl sites for hydroxylation is 4. The summed E-state index contributed by atoms with van der Waals surface area (Å²) in [5, 5.41) is 0. The predicted octanol–water partition coefficient (Wildman–Crippen LogP) is 3.18. The summed E-state index contributed by atoms with van der Waals surface area (Å²) in [5.74, 6) is 0. The largest absolute Gasteiger partial charge is 2.00 e. The Labute approximate surface area is 259 Å². The van der Waals surface area contributed by atoms with Gasteiger partial charge in [-0.1, -0.05) is 95.8 Å². The third-order valence-electron chi connectivity index (χ3n) is 6.53. The van der Waals surface area contributed by atoms with Gasteiger partial charge in [0.1, 0.15) is 0 Å². The first-order chi connectivity index (χ1) is 17.5. The Morgan fingerprint density at radius 1 is 0.538 bits per heavy atom. The second-order valence-corrected chi connectivity index (χ2v) is 9.65. The van der Waals surface area contributed by atoms with E-state index in [1.807, 2.05) is 0 Å². The first-order valence-electron chi connectivity index (χ1n) is 13.8. The summed E-state index contributed by atoms with van der Waals surface area (Å²) in [6.07, 6.45) is 8.61. The number of rotatable bonds is 12. The van der Waals surface area contributed by atoms with Crippen molar-refractivity contribution < 1.29 is 41.6 Å². The summed E-state index contributed by atoms with van der Waals surface area (Å²) in [7, 11) is 0. The van der Waals surface area contributed by atoms with Crippen LogP contribution in [0.3, 0.4) is 0 Å². The Morgan fingerprint density at radius 2 is 0.821 bits per heavy atom. The average Bonchev–Trinajstić information content (AvgIpc) is 2.88. The fraction of sp³-hybridized carbons (Fsp3) is 0.424. The number of pyridine rings is 1. The van der Waals surface area contributed by atoms with Crippen molar-refractivity contribution in [2.24, 2.45) is 9.98 Å². The first kappa shape index (κ1) is 37.0. The molecule has 0 aliphatic rings. The van der Waals surface area contributed by atoms with E-state index < -0.39 is 0 Å². The number of aliphatic imine (C=N–C) groups is 2. The number of aromatic nitrogens is 1. The Balaban J connectivity index is 0.00000481. The fourth-order valence-corrected chi connectivity index (χ4v) is 4.75. The smallest absolute Gasteiger partial charge is 1.00 e. The van der Waals surface area contributed by atoms with Crippen molar-refractivity contribution >= 4 is 22.8 Å². The quantitative estimate of drug-likeness (QED) is 0.290. The first-order valence-corrected chi connectivity index (χ1v) is 13.8. The standard InChI is InChI=1S/C33H43N3.2ClH.Co/c1-7-14-26-18-11-19-27(15-8-2)32(26)34-24(5)30-22-13-23-31(36-30)25(6)35-33-28(16-9-3)20-12-21-29(33)17-10-4;;;/h11-13,18-23H,7-10,14-17H2,1-6H3;2*1H;/q;;;+2/p-2. The Kier molecular flexibility index (Phi) is 18.2. The maximum Gasteiger partial charge on any atom is 2.00 e. The molecule has 0 saturated heterocycles. The summed E-state index contributed by atoms with van der Waals surface area (Å²) in [4.78, 5) is 15.3. The summed E-state index contributed by atoms with van der Waals surface area (Å²) < 4.78 is 0. The van der Waals surface area contributed by atoms with Crippen molar-refractivity contribution in [1.82, 2.24) is 4.98 Å². The number of para-hydroxylation sites is 2. The number of halogens is 2. The molecule has 3 nitrogen and oxygen atoms in total. The summed E-state index contributed by atoms with van der Waals surface area (Å²) in [6.45, 7) is 13.1. The third-order valence-corrected chi connectivity index (χ3v) is 6.53. The van der Waals surface area contributed by atoms with Crippen LogP contribution in [-0.2, 0) is 42.5 Å². The van der Waals surface area contributed by atoms with Crippen molar-refractivity contribution in [3.63, 3.8) is 0 Å². The van der Waals surface area contributed by atoms with Crippen molar-refractivity contribution in [3.05, 3.63) is 88.2 Å². The van der Waals surface area contributed by atoms with Crippen LogP contribution in [0.15, 0.2) is 64.6 Å². The van der Waals surface area contributed by atoms with Gasteiger partial charge in [0, 0.05) is 0 Å². The Hall–Kier alpha value is -1.98. The second-order valence-electron chi connectivity index (χ2n) is 9.65. The molecule has 2 aromatic carbocycles. The number of hydrogen-bond acceptors (Lipinski definition) is 3. The van der Waals surface area contributed by atoms with Crippen LogP contribution in [0.25, 0.3) is 0 Å². The van der Waals surface area contributed by atoms with E-state index in [0.29, 0.717) is 0 Å². The van der Waals surface area contributed by atoms with E-state index in [1.165, 1.54) is 22.3 Å². The summed E-state index contributed by atoms with van der Waals surface area (Å²) in [6, 6.07) is 19.4. The monoisotopic (exact) mass is 610 g/mol. The van der Waals surface area contributed by atoms with Crippen LogP contribution >= 0.6 is 0 Å². The van der Waals surface area contributed by atoms with Crippen LogP contribution in [-0.4, -0.2) is 16.4 Å². The number of benzene rings is 2. The summed E-state index contributed by atoms with van der Waals surface area (Å²) in [5.41, 5.74) is 11.3. The van der Waals surface area contributed by atoms with Crippen LogP contribution in [0, 0.1) is 0 Å². The van der Waals surface area contributed by atoms with Crippen LogP contribution < -0.4 is 24.8 Å². The van der Waals surface area contributed by atoms with E-state index >= 15 is 0 Å². The molecule has 0 amide bonds. The number of hydrogen-bond donors (Lipinski definition) is 0. The zero-order valence-corrected chi connectivity index (χ0v) is 26.8. The summed E-state index contributed by atoms with van der Waals surface area (Å²) >= 11 is 0. The van der Waals surface area contributed by atoms with E-state index in [0.717, 1.165) is 85.6 Å². The van der Waals surface area contributed by atoms with Gasteiger partial charge < -0.3 is 24.8 Å². The molecule has 3 rings (SSSR count). The molecular weight excluding hydrogens is 568 g/mol. The van der Waals surface area contributed by atoms with Crippen molar-refractivity contribution in [1.29, 1.82) is 0 Å². The molecular formula is C33H43Cl2CoN3. The van der Waals surface area contributed by atoms with E-state index in [4.69, 9.17) is 15.0 Å². The molecule has 0 saturated carbocycles. The molecule has 0 unspecified atom stereocenters. The predicted molar refractivity (Wildman–Crippen MR) is 157 cm³/mol. The molecule has 0 spiro atoms. The molecule has 39 heavy (non-hydrogen) atoms. The van der Waals surface area contributed by atoms with Crippen LogP contribution in [0.5, 0.6) is 0 Å². The van der Waals surface area contributed by atoms with Crippen molar-refractivity contribution in [2.75, 3.05) is 0 Å². The minimum atomic E-state index is 0. The molecule has 6 heteroatoms. The molecule has 0 N–H and O–H groups in total. The Bertz CT molecular complexity index is 1080. The molecule has 0 fully saturated rings. The van der Waals surface area contributed by atoms with Gasteiger partial charge >= 0.3 is 16.8 Å². The number of nitrogens with zero attached hydrogens (tertiary/aromatic N) is 3. The van der Waals surface area contributed by atoms with Gasteiger partial charge in [0.2, 0.25) is 0 Å². The minimum absolute atomic E-state index is 0. The van der Waals surface area contributed by atoms with Gasteiger partial charge in [-0.15, -0.1) is 0 Å². The van der Waals surface area contributed by atoms with Gasteiger partial charge in [-0.25, -0.2) is 4.98 Å². The van der Waals surface area contributed by atoms with E-state index in [9.17, 15) is 0 Å². The molecule has 1 aromatic heterocycles. The normalized spacial score (nSPS) is 11.3. The molecule has 213 valence electrons. The van der Waals surface area contributed by atoms with Gasteiger partial charge in [-0.05, 0) is 73.9 Å². The van der Waals surface area contributed by atoms with E-state index in [1.54, 1.807) is 0 Å². The van der Waals surface area contributed by atoms with Gasteiger partial charge in [0.05, 0.1) is 34.2 Å². The van der Waals surface area contributed by atoms with Gasteiger partial charge in [0.15, 0.2) is 0 Å². The zero-order valence-electron chi connectivity index (χ0n) is 24.3. The van der Waals surface area contributed by atoms with Crippen molar-refractivity contribution in [3.8, 4) is 0 Å². The molecule has 3 aromatic rings. The fourth-order valence-electron chi connectivity index (χ4n) is 4.75. The molecule has 1 heterocycles. The van der Waals surface area contributed by atoms with E-state index in [-0.39, 0.29) is 41.6 Å². The van der Waals surface area contributed by atoms with Crippen molar-refractivity contribution in [2.45, 2.75) is 92.9 Å². The van der Waals surface area contributed by atoms with Gasteiger partial charge in [0.25, 0.3) is 0 Å². The molecule has 0 aliphatic carbocycles. The molecule has 0 bridgehead atoms. The van der Waals surface area contributed by atoms with Gasteiger partial charge in [-0.2, -0.15) is 0 Å². The van der Waals surface area contributed by atoms with Gasteiger partial charge in [-0.3, -0.25) is 9.98 Å². The molecule has 0 atom stereocenters. The van der Waals surface area contributed by atoms with E-state index in [2.05, 4.69) is 96.1 Å². The molecule has 1 radical (unpaired) electrons.